The molecule has 0 radical (unpaired) electrons. The molecule has 0 saturated carbocycles. The summed E-state index contributed by atoms with van der Waals surface area (Å²) in [4.78, 5) is 18.4. The average Bonchev–Trinajstić information content (AvgIpc) is 2.60. The Hall–Kier alpha value is -1.29. The Kier molecular flexibility index (Phi) is 3.76. The number of nitrogens with zero attached hydrogens (tertiary/aromatic N) is 2. The van der Waals surface area contributed by atoms with E-state index in [2.05, 4.69) is 4.99 Å². The predicted molar refractivity (Wildman–Crippen MR) is 78.4 cm³/mol. The van der Waals surface area contributed by atoms with E-state index in [0.29, 0.717) is 5.75 Å². The summed E-state index contributed by atoms with van der Waals surface area (Å²) in [7, 11) is 0. The molecular weight excluding hydrogens is 244 g/mol. The number of hydrogen-bond donors (Lipinski definition) is 0. The van der Waals surface area contributed by atoms with E-state index in [1.807, 2.05) is 45.9 Å². The molecule has 1 fully saturated rings. The van der Waals surface area contributed by atoms with Crippen LogP contribution in [0.1, 0.15) is 25.0 Å². The molecule has 0 N–H and O–H groups in total. The lowest BCUT2D eigenvalue weighted by molar-refractivity contribution is -0.115. The third kappa shape index (κ3) is 2.43. The lowest BCUT2D eigenvalue weighted by atomic mass is 10.1. The average molecular weight is 262 g/mol. The Morgan fingerprint density at radius 2 is 1.89 bits per heavy atom. The molecule has 96 valence electrons. The van der Waals surface area contributed by atoms with Crippen LogP contribution >= 0.6 is 11.8 Å². The van der Waals surface area contributed by atoms with Crippen molar-refractivity contribution < 1.29 is 4.79 Å². The van der Waals surface area contributed by atoms with Crippen LogP contribution in [0.5, 0.6) is 0 Å². The molecule has 0 bridgehead atoms. The number of hydrogen-bond acceptors (Lipinski definition) is 3. The molecule has 1 aliphatic heterocycles. The monoisotopic (exact) mass is 262 g/mol. The smallest absolute Gasteiger partial charge is 0.243 e. The molecule has 1 aliphatic rings. The summed E-state index contributed by atoms with van der Waals surface area (Å²) in [5.74, 6) is 0.607. The second-order valence-corrected chi connectivity index (χ2v) is 5.71. The molecule has 0 aliphatic carbocycles. The van der Waals surface area contributed by atoms with Crippen LogP contribution in [0.15, 0.2) is 23.2 Å². The van der Waals surface area contributed by atoms with Crippen LogP contribution in [0, 0.1) is 13.8 Å². The Labute approximate surface area is 112 Å². The van der Waals surface area contributed by atoms with Crippen LogP contribution in [0.2, 0.25) is 0 Å². The molecule has 3 nitrogen and oxygen atoms in total. The van der Waals surface area contributed by atoms with E-state index in [-0.39, 0.29) is 11.9 Å². The second-order valence-electron chi connectivity index (χ2n) is 4.76. The van der Waals surface area contributed by atoms with Crippen molar-refractivity contribution in [1.29, 1.82) is 0 Å². The van der Waals surface area contributed by atoms with Crippen molar-refractivity contribution in [3.8, 4) is 0 Å². The number of amidine groups is 1. The first-order chi connectivity index (χ1) is 8.50. The molecule has 0 unspecified atom stereocenters. The maximum Gasteiger partial charge on any atom is 0.243 e. The maximum atomic E-state index is 12.1. The van der Waals surface area contributed by atoms with Gasteiger partial charge in [-0.3, -0.25) is 14.7 Å². The summed E-state index contributed by atoms with van der Waals surface area (Å²) in [6.45, 7) is 8.12. The van der Waals surface area contributed by atoms with Crippen LogP contribution in [-0.2, 0) is 4.79 Å². The molecule has 4 heteroatoms. The van der Waals surface area contributed by atoms with Gasteiger partial charge in [-0.05, 0) is 38.8 Å². The number of thioether (sulfide) groups is 1. The van der Waals surface area contributed by atoms with Crippen LogP contribution in [0.3, 0.4) is 0 Å². The minimum absolute atomic E-state index is 0.122. The standard InChI is InChI=1S/C14H18N2OS/c1-9(2)15-14-16(12(17)8-18-14)13-10(3)6-5-7-11(13)4/h5-7,9H,8H2,1-4H3. The highest BCUT2D eigenvalue weighted by atomic mass is 32.2. The molecule has 2 rings (SSSR count). The van der Waals surface area contributed by atoms with Gasteiger partial charge in [0.25, 0.3) is 0 Å². The van der Waals surface area contributed by atoms with E-state index in [4.69, 9.17) is 0 Å². The van der Waals surface area contributed by atoms with Gasteiger partial charge in [-0.2, -0.15) is 0 Å². The second kappa shape index (κ2) is 5.14. The molecule has 18 heavy (non-hydrogen) atoms. The zero-order valence-corrected chi connectivity index (χ0v) is 12.0. The lowest BCUT2D eigenvalue weighted by Crippen LogP contribution is -2.31. The molecular formula is C14H18N2OS. The number of para-hydroxylation sites is 1. The van der Waals surface area contributed by atoms with Crippen LogP contribution in [-0.4, -0.2) is 22.9 Å². The van der Waals surface area contributed by atoms with Gasteiger partial charge >= 0.3 is 0 Å². The van der Waals surface area contributed by atoms with Crippen molar-refractivity contribution in [2.45, 2.75) is 33.7 Å². The summed E-state index contributed by atoms with van der Waals surface area (Å²) in [6, 6.07) is 6.28. The molecule has 1 heterocycles. The lowest BCUT2D eigenvalue weighted by Gasteiger charge is -2.21. The van der Waals surface area contributed by atoms with E-state index in [9.17, 15) is 4.79 Å². The summed E-state index contributed by atoms with van der Waals surface area (Å²) in [6.07, 6.45) is 0. The number of anilines is 1. The largest absolute Gasteiger partial charge is 0.273 e. The van der Waals surface area contributed by atoms with Crippen LogP contribution in [0.4, 0.5) is 5.69 Å². The fourth-order valence-corrected chi connectivity index (χ4v) is 3.05. The van der Waals surface area contributed by atoms with Gasteiger partial charge in [0.15, 0.2) is 5.17 Å². The van der Waals surface area contributed by atoms with E-state index < -0.39 is 0 Å². The van der Waals surface area contributed by atoms with Crippen molar-refractivity contribution in [3.63, 3.8) is 0 Å². The molecule has 1 aromatic carbocycles. The highest BCUT2D eigenvalue weighted by Crippen LogP contribution is 2.32. The zero-order chi connectivity index (χ0) is 13.3. The topological polar surface area (TPSA) is 32.7 Å². The number of rotatable bonds is 2. The first kappa shape index (κ1) is 13.1. The molecule has 1 amide bonds. The van der Waals surface area contributed by atoms with Gasteiger partial charge in [0.2, 0.25) is 5.91 Å². The number of amides is 1. The minimum Gasteiger partial charge on any atom is -0.273 e. The summed E-state index contributed by atoms with van der Waals surface area (Å²) in [5, 5.41) is 0.826. The fraction of sp³-hybridized carbons (Fsp3) is 0.429. The Morgan fingerprint density at radius 1 is 1.28 bits per heavy atom. The third-order valence-corrected chi connectivity index (χ3v) is 3.73. The van der Waals surface area contributed by atoms with Gasteiger partial charge < -0.3 is 0 Å². The summed E-state index contributed by atoms with van der Waals surface area (Å²) >= 11 is 1.53. The summed E-state index contributed by atoms with van der Waals surface area (Å²) < 4.78 is 0. The zero-order valence-electron chi connectivity index (χ0n) is 11.2. The molecule has 0 aromatic heterocycles. The first-order valence-corrected chi connectivity index (χ1v) is 7.09. The highest BCUT2D eigenvalue weighted by Gasteiger charge is 2.31. The first-order valence-electron chi connectivity index (χ1n) is 6.10. The van der Waals surface area contributed by atoms with Gasteiger partial charge in [0.1, 0.15) is 0 Å². The fourth-order valence-electron chi connectivity index (χ4n) is 2.06. The van der Waals surface area contributed by atoms with Crippen molar-refractivity contribution in [3.05, 3.63) is 29.3 Å². The molecule has 0 spiro atoms. The van der Waals surface area contributed by atoms with Crippen molar-refractivity contribution in [2.24, 2.45) is 4.99 Å². The van der Waals surface area contributed by atoms with Crippen molar-refractivity contribution >= 4 is 28.5 Å². The summed E-state index contributed by atoms with van der Waals surface area (Å²) in [5.41, 5.74) is 3.22. The van der Waals surface area contributed by atoms with Crippen molar-refractivity contribution in [2.75, 3.05) is 10.7 Å². The maximum absolute atomic E-state index is 12.1. The van der Waals surface area contributed by atoms with Crippen molar-refractivity contribution in [1.82, 2.24) is 0 Å². The Bertz CT molecular complexity index is 488. The van der Waals surface area contributed by atoms with Crippen LogP contribution in [0.25, 0.3) is 0 Å². The van der Waals surface area contributed by atoms with Gasteiger partial charge in [-0.15, -0.1) is 0 Å². The quantitative estimate of drug-likeness (QED) is 0.820. The SMILES string of the molecule is Cc1cccc(C)c1N1C(=O)CSC1=NC(C)C. The number of benzene rings is 1. The van der Waals surface area contributed by atoms with Gasteiger partial charge in [0.05, 0.1) is 11.4 Å². The predicted octanol–water partition coefficient (Wildman–Crippen LogP) is 3.15. The number of aryl methyl sites for hydroxylation is 2. The number of carbonyl (C=O) groups is 1. The van der Waals surface area contributed by atoms with Gasteiger partial charge in [-0.25, -0.2) is 0 Å². The van der Waals surface area contributed by atoms with E-state index in [0.717, 1.165) is 22.0 Å². The minimum atomic E-state index is 0.122. The van der Waals surface area contributed by atoms with E-state index in [1.54, 1.807) is 4.90 Å². The van der Waals surface area contributed by atoms with E-state index in [1.165, 1.54) is 11.8 Å². The number of aliphatic imine (C=N–C) groups is 1. The van der Waals surface area contributed by atoms with Gasteiger partial charge in [0, 0.05) is 6.04 Å². The third-order valence-electron chi connectivity index (χ3n) is 2.80. The van der Waals surface area contributed by atoms with Gasteiger partial charge in [-0.1, -0.05) is 30.0 Å². The molecule has 0 atom stereocenters. The highest BCUT2D eigenvalue weighted by molar-refractivity contribution is 8.15. The number of carbonyl (C=O) groups excluding carboxylic acids is 1. The van der Waals surface area contributed by atoms with E-state index >= 15 is 0 Å². The Morgan fingerprint density at radius 3 is 2.44 bits per heavy atom. The normalized spacial score (nSPS) is 18.2. The Balaban J connectivity index is 2.50. The molecule has 1 saturated heterocycles. The van der Waals surface area contributed by atoms with Crippen LogP contribution < -0.4 is 4.90 Å². The molecule has 1 aromatic rings.